The van der Waals surface area contributed by atoms with E-state index in [0.29, 0.717) is 18.7 Å². The number of hydrogen-bond donors (Lipinski definition) is 2. The molecular weight excluding hydrogens is 286 g/mol. The predicted molar refractivity (Wildman–Crippen MR) is 82.1 cm³/mol. The van der Waals surface area contributed by atoms with Crippen molar-refractivity contribution in [1.82, 2.24) is 15.6 Å². The van der Waals surface area contributed by atoms with Crippen molar-refractivity contribution in [2.24, 2.45) is 0 Å². The summed E-state index contributed by atoms with van der Waals surface area (Å²) in [5.41, 5.74) is 2.37. The molecule has 2 N–H and O–H groups in total. The molecule has 0 aliphatic rings. The Bertz CT molecular complexity index is 611. The van der Waals surface area contributed by atoms with E-state index in [1.165, 1.54) is 11.3 Å². The van der Waals surface area contributed by atoms with E-state index in [2.05, 4.69) is 15.6 Å². The van der Waals surface area contributed by atoms with Crippen LogP contribution in [0.2, 0.25) is 0 Å². The largest absolute Gasteiger partial charge is 0.351 e. The zero-order valence-electron chi connectivity index (χ0n) is 11.8. The quantitative estimate of drug-likeness (QED) is 0.856. The molecular formula is C15H17N3O2S. The molecule has 2 rings (SSSR count). The van der Waals surface area contributed by atoms with Gasteiger partial charge in [0.25, 0.3) is 5.91 Å². The van der Waals surface area contributed by atoms with Crippen molar-refractivity contribution in [1.29, 1.82) is 0 Å². The molecule has 0 aliphatic heterocycles. The zero-order valence-corrected chi connectivity index (χ0v) is 12.6. The number of amides is 2. The Morgan fingerprint density at radius 1 is 1.24 bits per heavy atom. The fourth-order valence-electron chi connectivity index (χ4n) is 1.76. The summed E-state index contributed by atoms with van der Waals surface area (Å²) in [5, 5.41) is 9.12. The monoisotopic (exact) mass is 303 g/mol. The van der Waals surface area contributed by atoms with Crippen LogP contribution in [0.1, 0.15) is 28.2 Å². The number of thiophene rings is 1. The van der Waals surface area contributed by atoms with Crippen LogP contribution >= 0.6 is 11.3 Å². The highest BCUT2D eigenvalue weighted by Gasteiger charge is 2.06. The van der Waals surface area contributed by atoms with Gasteiger partial charge in [0.05, 0.1) is 12.2 Å². The second-order valence-electron chi connectivity index (χ2n) is 4.56. The average molecular weight is 303 g/mol. The minimum atomic E-state index is -0.149. The van der Waals surface area contributed by atoms with Gasteiger partial charge in [0.15, 0.2) is 0 Å². The maximum Gasteiger partial charge on any atom is 0.252 e. The number of nitrogens with one attached hydrogen (secondary N) is 2. The lowest BCUT2D eigenvalue weighted by Crippen LogP contribution is -2.30. The van der Waals surface area contributed by atoms with E-state index in [0.717, 1.165) is 11.4 Å². The molecule has 0 spiro atoms. The number of hydrogen-bond acceptors (Lipinski definition) is 4. The van der Waals surface area contributed by atoms with E-state index < -0.39 is 0 Å². The molecule has 0 aliphatic carbocycles. The molecule has 0 fully saturated rings. The minimum Gasteiger partial charge on any atom is -0.351 e. The fourth-order valence-corrected chi connectivity index (χ4v) is 2.40. The highest BCUT2D eigenvalue weighted by molar-refractivity contribution is 7.08. The second-order valence-corrected chi connectivity index (χ2v) is 5.34. The molecule has 6 heteroatoms. The van der Waals surface area contributed by atoms with Gasteiger partial charge in [-0.05, 0) is 30.5 Å². The van der Waals surface area contributed by atoms with Gasteiger partial charge in [0, 0.05) is 29.6 Å². The molecule has 0 aromatic carbocycles. The second kappa shape index (κ2) is 7.54. The predicted octanol–water partition coefficient (Wildman–Crippen LogP) is 1.89. The highest BCUT2D eigenvalue weighted by Crippen LogP contribution is 2.05. The molecule has 21 heavy (non-hydrogen) atoms. The lowest BCUT2D eigenvalue weighted by Gasteiger charge is -2.06. The first-order valence-corrected chi connectivity index (χ1v) is 7.59. The van der Waals surface area contributed by atoms with Gasteiger partial charge < -0.3 is 10.6 Å². The third kappa shape index (κ3) is 5.00. The van der Waals surface area contributed by atoms with Crippen molar-refractivity contribution >= 4 is 23.2 Å². The summed E-state index contributed by atoms with van der Waals surface area (Å²) >= 11 is 1.47. The van der Waals surface area contributed by atoms with Gasteiger partial charge in [-0.15, -0.1) is 0 Å². The third-order valence-corrected chi connectivity index (χ3v) is 3.52. The summed E-state index contributed by atoms with van der Waals surface area (Å²) in [4.78, 5) is 27.6. The average Bonchev–Trinajstić information content (AvgIpc) is 2.99. The number of pyridine rings is 1. The maximum atomic E-state index is 11.7. The van der Waals surface area contributed by atoms with Crippen LogP contribution in [0.3, 0.4) is 0 Å². The Morgan fingerprint density at radius 3 is 2.81 bits per heavy atom. The standard InChI is InChI=1S/C15H17N3O2S/c1-11-3-2-4-13(18-11)9-17-14(19)5-7-16-15(20)12-6-8-21-10-12/h2-4,6,8,10H,5,7,9H2,1H3,(H,16,20)(H,17,19). The van der Waals surface area contributed by atoms with E-state index in [1.807, 2.05) is 30.5 Å². The van der Waals surface area contributed by atoms with Crippen LogP contribution in [0.5, 0.6) is 0 Å². The first-order valence-electron chi connectivity index (χ1n) is 6.65. The van der Waals surface area contributed by atoms with E-state index in [4.69, 9.17) is 0 Å². The van der Waals surface area contributed by atoms with Gasteiger partial charge in [0.2, 0.25) is 5.91 Å². The number of carbonyl (C=O) groups excluding carboxylic acids is 2. The lowest BCUT2D eigenvalue weighted by molar-refractivity contribution is -0.121. The molecule has 2 heterocycles. The number of aromatic nitrogens is 1. The van der Waals surface area contributed by atoms with Gasteiger partial charge >= 0.3 is 0 Å². The lowest BCUT2D eigenvalue weighted by atomic mass is 10.3. The van der Waals surface area contributed by atoms with E-state index in [1.54, 1.807) is 11.4 Å². The number of carbonyl (C=O) groups is 2. The van der Waals surface area contributed by atoms with Crippen LogP contribution < -0.4 is 10.6 Å². The Balaban J connectivity index is 1.67. The third-order valence-electron chi connectivity index (χ3n) is 2.83. The normalized spacial score (nSPS) is 10.1. The SMILES string of the molecule is Cc1cccc(CNC(=O)CCNC(=O)c2ccsc2)n1. The van der Waals surface area contributed by atoms with Crippen LogP contribution in [0.4, 0.5) is 0 Å². The van der Waals surface area contributed by atoms with Crippen LogP contribution in [-0.4, -0.2) is 23.3 Å². The molecule has 0 bridgehead atoms. The smallest absolute Gasteiger partial charge is 0.252 e. The van der Waals surface area contributed by atoms with Gasteiger partial charge in [-0.3, -0.25) is 14.6 Å². The van der Waals surface area contributed by atoms with Crippen LogP contribution in [0.15, 0.2) is 35.0 Å². The molecule has 110 valence electrons. The van der Waals surface area contributed by atoms with Gasteiger partial charge in [-0.1, -0.05) is 6.07 Å². The van der Waals surface area contributed by atoms with Crippen LogP contribution in [-0.2, 0) is 11.3 Å². The number of rotatable bonds is 6. The molecule has 0 unspecified atom stereocenters. The Labute approximate surface area is 127 Å². The van der Waals surface area contributed by atoms with Crippen LogP contribution in [0, 0.1) is 6.92 Å². The minimum absolute atomic E-state index is 0.107. The molecule has 2 amide bonds. The number of aryl methyl sites for hydroxylation is 1. The zero-order chi connectivity index (χ0) is 15.1. The van der Waals surface area contributed by atoms with Crippen molar-refractivity contribution in [3.8, 4) is 0 Å². The van der Waals surface area contributed by atoms with E-state index >= 15 is 0 Å². The molecule has 0 saturated carbocycles. The van der Waals surface area contributed by atoms with Crippen molar-refractivity contribution in [3.05, 3.63) is 52.0 Å². The molecule has 0 radical (unpaired) electrons. The fraction of sp³-hybridized carbons (Fsp3) is 0.267. The van der Waals surface area contributed by atoms with Crippen molar-refractivity contribution in [2.45, 2.75) is 19.9 Å². The highest BCUT2D eigenvalue weighted by atomic mass is 32.1. The van der Waals surface area contributed by atoms with Gasteiger partial charge in [-0.25, -0.2) is 0 Å². The molecule has 5 nitrogen and oxygen atoms in total. The van der Waals surface area contributed by atoms with Crippen LogP contribution in [0.25, 0.3) is 0 Å². The topological polar surface area (TPSA) is 71.1 Å². The summed E-state index contributed by atoms with van der Waals surface area (Å²) in [6.45, 7) is 2.63. The van der Waals surface area contributed by atoms with E-state index in [9.17, 15) is 9.59 Å². The maximum absolute atomic E-state index is 11.7. The van der Waals surface area contributed by atoms with E-state index in [-0.39, 0.29) is 18.2 Å². The number of nitrogens with zero attached hydrogens (tertiary/aromatic N) is 1. The summed E-state index contributed by atoms with van der Waals surface area (Å²) in [6.07, 6.45) is 0.252. The Hall–Kier alpha value is -2.21. The summed E-state index contributed by atoms with van der Waals surface area (Å²) < 4.78 is 0. The first-order chi connectivity index (χ1) is 10.1. The Kier molecular flexibility index (Phi) is 5.45. The first kappa shape index (κ1) is 15.2. The van der Waals surface area contributed by atoms with Crippen molar-refractivity contribution in [3.63, 3.8) is 0 Å². The summed E-state index contributed by atoms with van der Waals surface area (Å²) in [7, 11) is 0. The molecule has 2 aromatic heterocycles. The van der Waals surface area contributed by atoms with Gasteiger partial charge in [-0.2, -0.15) is 11.3 Å². The summed E-state index contributed by atoms with van der Waals surface area (Å²) in [5.74, 6) is -0.256. The molecule has 0 saturated heterocycles. The Morgan fingerprint density at radius 2 is 2.10 bits per heavy atom. The summed E-state index contributed by atoms with van der Waals surface area (Å²) in [6, 6.07) is 7.44. The molecule has 0 atom stereocenters. The van der Waals surface area contributed by atoms with Crippen molar-refractivity contribution < 1.29 is 9.59 Å². The van der Waals surface area contributed by atoms with Crippen molar-refractivity contribution in [2.75, 3.05) is 6.54 Å². The van der Waals surface area contributed by atoms with Gasteiger partial charge in [0.1, 0.15) is 0 Å². The molecule has 2 aromatic rings.